The number of ether oxygens (including phenoxy) is 1. The van der Waals surface area contributed by atoms with Crippen LogP contribution in [0.4, 0.5) is 15.8 Å². The van der Waals surface area contributed by atoms with Gasteiger partial charge in [-0.25, -0.2) is 4.39 Å². The molecule has 1 aliphatic heterocycles. The van der Waals surface area contributed by atoms with Gasteiger partial charge in [0.25, 0.3) is 0 Å². The molecule has 0 radical (unpaired) electrons. The molecular weight excluding hydrogens is 333 g/mol. The van der Waals surface area contributed by atoms with E-state index in [9.17, 15) is 9.18 Å². The Morgan fingerprint density at radius 1 is 1.08 bits per heavy atom. The number of methoxy groups -OCH3 is 1. The first-order chi connectivity index (χ1) is 12.6. The minimum Gasteiger partial charge on any atom is -0.495 e. The molecule has 1 fully saturated rings. The first-order valence-corrected chi connectivity index (χ1v) is 8.77. The Labute approximate surface area is 153 Å². The molecule has 0 aliphatic carbocycles. The summed E-state index contributed by atoms with van der Waals surface area (Å²) in [5.41, 5.74) is 1.69. The zero-order valence-electron chi connectivity index (χ0n) is 15.1. The van der Waals surface area contributed by atoms with E-state index < -0.39 is 0 Å². The van der Waals surface area contributed by atoms with Gasteiger partial charge >= 0.3 is 0 Å². The van der Waals surface area contributed by atoms with Crippen molar-refractivity contribution in [2.75, 3.05) is 43.5 Å². The van der Waals surface area contributed by atoms with Crippen LogP contribution in [-0.4, -0.2) is 50.1 Å². The number of benzene rings is 2. The number of nitrogens with one attached hydrogen (secondary N) is 1. The van der Waals surface area contributed by atoms with Crippen molar-refractivity contribution < 1.29 is 13.9 Å². The van der Waals surface area contributed by atoms with Gasteiger partial charge in [-0.2, -0.15) is 0 Å². The number of anilines is 2. The molecule has 1 N–H and O–H groups in total. The van der Waals surface area contributed by atoms with Gasteiger partial charge in [0.2, 0.25) is 5.91 Å². The second-order valence-corrected chi connectivity index (χ2v) is 6.37. The highest BCUT2D eigenvalue weighted by atomic mass is 19.1. The third-order valence-electron chi connectivity index (χ3n) is 4.78. The maximum Gasteiger partial charge on any atom is 0.241 e. The SMILES string of the molecule is COc1ccccc1N1CCN(C(C)C(=O)Nc2ccc(F)cc2)CC1. The Hall–Kier alpha value is -2.60. The van der Waals surface area contributed by atoms with E-state index in [2.05, 4.69) is 21.2 Å². The number of rotatable bonds is 5. The molecule has 0 saturated carbocycles. The normalized spacial score (nSPS) is 16.2. The highest BCUT2D eigenvalue weighted by molar-refractivity contribution is 5.94. The zero-order chi connectivity index (χ0) is 18.5. The summed E-state index contributed by atoms with van der Waals surface area (Å²) < 4.78 is 18.4. The number of piperazine rings is 1. The smallest absolute Gasteiger partial charge is 0.241 e. The summed E-state index contributed by atoms with van der Waals surface area (Å²) in [6.07, 6.45) is 0. The van der Waals surface area contributed by atoms with Crippen molar-refractivity contribution in [2.45, 2.75) is 13.0 Å². The van der Waals surface area contributed by atoms with Crippen molar-refractivity contribution >= 4 is 17.3 Å². The Morgan fingerprint density at radius 3 is 2.38 bits per heavy atom. The third kappa shape index (κ3) is 4.14. The molecule has 26 heavy (non-hydrogen) atoms. The lowest BCUT2D eigenvalue weighted by molar-refractivity contribution is -0.120. The van der Waals surface area contributed by atoms with E-state index >= 15 is 0 Å². The van der Waals surface area contributed by atoms with Gasteiger partial charge in [0.1, 0.15) is 11.6 Å². The van der Waals surface area contributed by atoms with Gasteiger partial charge < -0.3 is 15.0 Å². The van der Waals surface area contributed by atoms with Gasteiger partial charge in [0, 0.05) is 31.9 Å². The number of hydrogen-bond donors (Lipinski definition) is 1. The Morgan fingerprint density at radius 2 is 1.73 bits per heavy atom. The summed E-state index contributed by atoms with van der Waals surface area (Å²) in [6.45, 7) is 5.13. The number of carbonyl (C=O) groups excluding carboxylic acids is 1. The zero-order valence-corrected chi connectivity index (χ0v) is 15.1. The van der Waals surface area contributed by atoms with Gasteiger partial charge in [0.05, 0.1) is 18.8 Å². The Bertz CT molecular complexity index is 743. The van der Waals surface area contributed by atoms with Crippen LogP contribution in [0.1, 0.15) is 6.92 Å². The summed E-state index contributed by atoms with van der Waals surface area (Å²) in [4.78, 5) is 16.9. The number of halogens is 1. The van der Waals surface area contributed by atoms with Crippen LogP contribution in [-0.2, 0) is 4.79 Å². The average Bonchev–Trinajstić information content (AvgIpc) is 2.69. The second-order valence-electron chi connectivity index (χ2n) is 6.37. The van der Waals surface area contributed by atoms with Gasteiger partial charge in [-0.05, 0) is 43.3 Å². The van der Waals surface area contributed by atoms with Crippen LogP contribution in [0.5, 0.6) is 5.75 Å². The fraction of sp³-hybridized carbons (Fsp3) is 0.350. The standard InChI is InChI=1S/C20H24FN3O2/c1-15(20(25)22-17-9-7-16(21)8-10-17)23-11-13-24(14-12-23)18-5-3-4-6-19(18)26-2/h3-10,15H,11-14H2,1-2H3,(H,22,25). The van der Waals surface area contributed by atoms with Crippen molar-refractivity contribution in [1.82, 2.24) is 4.90 Å². The third-order valence-corrected chi connectivity index (χ3v) is 4.78. The topological polar surface area (TPSA) is 44.8 Å². The van der Waals surface area contributed by atoms with Crippen molar-refractivity contribution in [3.63, 3.8) is 0 Å². The molecule has 138 valence electrons. The lowest BCUT2D eigenvalue weighted by Crippen LogP contribution is -2.52. The molecule has 1 saturated heterocycles. The monoisotopic (exact) mass is 357 g/mol. The molecule has 1 atom stereocenters. The molecule has 5 nitrogen and oxygen atoms in total. The maximum absolute atomic E-state index is 13.0. The minimum absolute atomic E-state index is 0.0812. The van der Waals surface area contributed by atoms with Crippen LogP contribution >= 0.6 is 0 Å². The van der Waals surface area contributed by atoms with Gasteiger partial charge in [0.15, 0.2) is 0 Å². The van der Waals surface area contributed by atoms with Crippen molar-refractivity contribution in [2.24, 2.45) is 0 Å². The predicted octanol–water partition coefficient (Wildman–Crippen LogP) is 2.98. The lowest BCUT2D eigenvalue weighted by atomic mass is 10.2. The van der Waals surface area contributed by atoms with Gasteiger partial charge in [-0.1, -0.05) is 12.1 Å². The molecule has 1 unspecified atom stereocenters. The number of para-hydroxylation sites is 2. The largest absolute Gasteiger partial charge is 0.495 e. The molecule has 1 heterocycles. The minimum atomic E-state index is -0.316. The van der Waals surface area contributed by atoms with E-state index in [4.69, 9.17) is 4.74 Å². The highest BCUT2D eigenvalue weighted by Crippen LogP contribution is 2.28. The molecule has 2 aromatic carbocycles. The molecule has 0 bridgehead atoms. The quantitative estimate of drug-likeness (QED) is 0.894. The van der Waals surface area contributed by atoms with Crippen LogP contribution in [0, 0.1) is 5.82 Å². The summed E-state index contributed by atoms with van der Waals surface area (Å²) in [5, 5.41) is 2.85. The number of carbonyl (C=O) groups is 1. The molecule has 1 amide bonds. The number of amides is 1. The second kappa shape index (κ2) is 8.19. The van der Waals surface area contributed by atoms with E-state index in [1.807, 2.05) is 25.1 Å². The summed E-state index contributed by atoms with van der Waals surface area (Å²) >= 11 is 0. The maximum atomic E-state index is 13.0. The molecule has 0 aromatic heterocycles. The highest BCUT2D eigenvalue weighted by Gasteiger charge is 2.26. The molecular formula is C20H24FN3O2. The van der Waals surface area contributed by atoms with Gasteiger partial charge in [-0.3, -0.25) is 9.69 Å². The lowest BCUT2D eigenvalue weighted by Gasteiger charge is -2.38. The fourth-order valence-electron chi connectivity index (χ4n) is 3.19. The number of hydrogen-bond acceptors (Lipinski definition) is 4. The number of nitrogens with zero attached hydrogens (tertiary/aromatic N) is 2. The van der Waals surface area contributed by atoms with E-state index in [1.165, 1.54) is 12.1 Å². The van der Waals surface area contributed by atoms with E-state index in [1.54, 1.807) is 19.2 Å². The van der Waals surface area contributed by atoms with Crippen LogP contribution < -0.4 is 15.0 Å². The first kappa shape index (κ1) is 18.2. The van der Waals surface area contributed by atoms with Crippen LogP contribution in [0.25, 0.3) is 0 Å². The van der Waals surface area contributed by atoms with Crippen LogP contribution in [0.2, 0.25) is 0 Å². The molecule has 3 rings (SSSR count). The van der Waals surface area contributed by atoms with Crippen molar-refractivity contribution in [3.8, 4) is 5.75 Å². The van der Waals surface area contributed by atoms with Crippen LogP contribution in [0.3, 0.4) is 0 Å². The van der Waals surface area contributed by atoms with Crippen molar-refractivity contribution in [1.29, 1.82) is 0 Å². The molecule has 1 aliphatic rings. The average molecular weight is 357 g/mol. The molecule has 6 heteroatoms. The Balaban J connectivity index is 1.57. The fourth-order valence-corrected chi connectivity index (χ4v) is 3.19. The van der Waals surface area contributed by atoms with Crippen molar-refractivity contribution in [3.05, 3.63) is 54.3 Å². The molecule has 0 spiro atoms. The van der Waals surface area contributed by atoms with E-state index in [0.717, 1.165) is 37.6 Å². The summed E-state index contributed by atoms with van der Waals surface area (Å²) in [6, 6.07) is 13.5. The summed E-state index contributed by atoms with van der Waals surface area (Å²) in [5.74, 6) is 0.467. The first-order valence-electron chi connectivity index (χ1n) is 8.77. The molecule has 2 aromatic rings. The van der Waals surface area contributed by atoms with E-state index in [0.29, 0.717) is 5.69 Å². The summed E-state index contributed by atoms with van der Waals surface area (Å²) in [7, 11) is 1.68. The van der Waals surface area contributed by atoms with Crippen LogP contribution in [0.15, 0.2) is 48.5 Å². The van der Waals surface area contributed by atoms with E-state index in [-0.39, 0.29) is 17.8 Å². The van der Waals surface area contributed by atoms with Gasteiger partial charge in [-0.15, -0.1) is 0 Å². The predicted molar refractivity (Wildman–Crippen MR) is 101 cm³/mol. The Kier molecular flexibility index (Phi) is 5.73.